The fourth-order valence-electron chi connectivity index (χ4n) is 1.99. The van der Waals surface area contributed by atoms with Gasteiger partial charge in [-0.25, -0.2) is 4.79 Å². The van der Waals surface area contributed by atoms with Gasteiger partial charge in [0.25, 0.3) is 5.56 Å². The Labute approximate surface area is 126 Å². The second-order valence-electron chi connectivity index (χ2n) is 4.27. The number of H-pyrrole nitrogens is 1. The van der Waals surface area contributed by atoms with Crippen molar-refractivity contribution in [3.8, 4) is 0 Å². The third kappa shape index (κ3) is 2.72. The van der Waals surface area contributed by atoms with Crippen molar-refractivity contribution in [2.24, 2.45) is 0 Å². The zero-order chi connectivity index (χ0) is 14.9. The number of rotatable bonds is 3. The van der Waals surface area contributed by atoms with Crippen molar-refractivity contribution in [2.75, 3.05) is 6.61 Å². The fraction of sp³-hybridized carbons (Fsp3) is 0.455. The average molecular weight is 396 g/mol. The van der Waals surface area contributed by atoms with Crippen molar-refractivity contribution < 1.29 is 20.1 Å². The largest absolute Gasteiger partial charge is 0.394 e. The molecule has 1 aliphatic heterocycles. The lowest BCUT2D eigenvalue weighted by Gasteiger charge is -2.17. The van der Waals surface area contributed by atoms with E-state index in [9.17, 15) is 19.8 Å². The maximum atomic E-state index is 11.8. The molecule has 0 aliphatic carbocycles. The molecule has 1 aromatic rings. The minimum Gasteiger partial charge on any atom is -0.394 e. The smallest absolute Gasteiger partial charge is 0.330 e. The summed E-state index contributed by atoms with van der Waals surface area (Å²) in [5, 5.41) is 28.6. The highest BCUT2D eigenvalue weighted by molar-refractivity contribution is 14.1. The van der Waals surface area contributed by atoms with Gasteiger partial charge in [-0.2, -0.15) is 0 Å². The first-order chi connectivity index (χ1) is 9.49. The van der Waals surface area contributed by atoms with Crippen LogP contribution in [0, 0.1) is 0 Å². The Morgan fingerprint density at radius 1 is 1.40 bits per heavy atom. The maximum absolute atomic E-state index is 11.8. The highest BCUT2D eigenvalue weighted by atomic mass is 127. The number of aliphatic hydroxyl groups excluding tert-OH is 3. The van der Waals surface area contributed by atoms with Crippen LogP contribution in [-0.4, -0.2) is 49.8 Å². The molecule has 9 heteroatoms. The number of nitrogens with one attached hydrogen (secondary N) is 1. The van der Waals surface area contributed by atoms with Crippen LogP contribution in [0.2, 0.25) is 0 Å². The number of ether oxygens (including phenoxy) is 1. The van der Waals surface area contributed by atoms with Gasteiger partial charge in [-0.3, -0.25) is 14.3 Å². The molecule has 0 bridgehead atoms. The highest BCUT2D eigenvalue weighted by Crippen LogP contribution is 2.27. The third-order valence-electron chi connectivity index (χ3n) is 3.03. The van der Waals surface area contributed by atoms with E-state index in [1.807, 2.05) is 22.6 Å². The van der Waals surface area contributed by atoms with Crippen molar-refractivity contribution in [1.29, 1.82) is 0 Å². The monoisotopic (exact) mass is 396 g/mol. The van der Waals surface area contributed by atoms with E-state index < -0.39 is 42.4 Å². The molecule has 0 saturated carbocycles. The summed E-state index contributed by atoms with van der Waals surface area (Å²) in [5.74, 6) is 0. The van der Waals surface area contributed by atoms with E-state index >= 15 is 0 Å². The Hall–Kier alpha value is -1.01. The standard InChI is InChI=1S/C11H13IN2O6/c12-2-1-5-3-14(11(19)13-9(5)18)10-8(17)7(16)6(4-15)20-10/h1-3,6-8,10,15-17H,4H2,(H,13,18,19)/b2-1+/t6-,7+,8-,10-/m1/s1. The van der Waals surface area contributed by atoms with Crippen molar-refractivity contribution in [2.45, 2.75) is 24.5 Å². The topological polar surface area (TPSA) is 125 Å². The number of hydrogen-bond acceptors (Lipinski definition) is 6. The molecule has 20 heavy (non-hydrogen) atoms. The number of aliphatic hydroxyl groups is 3. The number of hydrogen-bond donors (Lipinski definition) is 4. The number of nitrogens with zero attached hydrogens (tertiary/aromatic N) is 1. The molecular formula is C11H13IN2O6. The molecule has 8 nitrogen and oxygen atoms in total. The molecule has 1 saturated heterocycles. The molecule has 4 atom stereocenters. The van der Waals surface area contributed by atoms with Crippen molar-refractivity contribution in [3.63, 3.8) is 0 Å². The summed E-state index contributed by atoms with van der Waals surface area (Å²) in [6, 6.07) is 0. The van der Waals surface area contributed by atoms with Gasteiger partial charge in [0.15, 0.2) is 6.23 Å². The van der Waals surface area contributed by atoms with Crippen LogP contribution < -0.4 is 11.2 Å². The fourth-order valence-corrected chi connectivity index (χ4v) is 2.37. The first-order valence-corrected chi connectivity index (χ1v) is 6.99. The van der Waals surface area contributed by atoms with Gasteiger partial charge in [0.1, 0.15) is 18.3 Å². The lowest BCUT2D eigenvalue weighted by Crippen LogP contribution is -2.38. The van der Waals surface area contributed by atoms with E-state index in [2.05, 4.69) is 4.98 Å². The summed E-state index contributed by atoms with van der Waals surface area (Å²) in [6.45, 7) is -0.493. The maximum Gasteiger partial charge on any atom is 0.330 e. The summed E-state index contributed by atoms with van der Waals surface area (Å²) >= 11 is 1.92. The summed E-state index contributed by atoms with van der Waals surface area (Å²) in [5.41, 5.74) is -1.13. The number of aromatic amines is 1. The molecule has 0 unspecified atom stereocenters. The molecule has 1 fully saturated rings. The molecule has 2 rings (SSSR count). The molecule has 2 heterocycles. The lowest BCUT2D eigenvalue weighted by atomic mass is 10.1. The summed E-state index contributed by atoms with van der Waals surface area (Å²) in [7, 11) is 0. The number of aromatic nitrogens is 2. The molecule has 0 amide bonds. The van der Waals surface area contributed by atoms with Crippen LogP contribution in [0.3, 0.4) is 0 Å². The second-order valence-corrected chi connectivity index (χ2v) is 4.99. The van der Waals surface area contributed by atoms with Crippen molar-refractivity contribution in [3.05, 3.63) is 36.7 Å². The van der Waals surface area contributed by atoms with Crippen LogP contribution in [0.1, 0.15) is 11.8 Å². The first-order valence-electron chi connectivity index (χ1n) is 5.74. The Kier molecular flexibility index (Phi) is 4.75. The van der Waals surface area contributed by atoms with E-state index in [0.29, 0.717) is 0 Å². The third-order valence-corrected chi connectivity index (χ3v) is 3.39. The van der Waals surface area contributed by atoms with Gasteiger partial charge in [0, 0.05) is 6.20 Å². The van der Waals surface area contributed by atoms with Gasteiger partial charge in [-0.05, 0) is 10.2 Å². The Bertz CT molecular complexity index is 624. The van der Waals surface area contributed by atoms with E-state index in [1.54, 1.807) is 4.08 Å². The van der Waals surface area contributed by atoms with Gasteiger partial charge in [0.05, 0.1) is 12.2 Å². The minimum absolute atomic E-state index is 0.205. The van der Waals surface area contributed by atoms with Crippen molar-refractivity contribution >= 4 is 28.7 Å². The van der Waals surface area contributed by atoms with Crippen LogP contribution in [0.25, 0.3) is 6.08 Å². The van der Waals surface area contributed by atoms with E-state index in [4.69, 9.17) is 9.84 Å². The van der Waals surface area contributed by atoms with Crippen LogP contribution in [0.4, 0.5) is 0 Å². The summed E-state index contributed by atoms with van der Waals surface area (Å²) < 4.78 is 7.81. The van der Waals surface area contributed by atoms with Gasteiger partial charge in [0.2, 0.25) is 0 Å². The van der Waals surface area contributed by atoms with E-state index in [-0.39, 0.29) is 5.56 Å². The predicted octanol–water partition coefficient (Wildman–Crippen LogP) is -1.45. The van der Waals surface area contributed by atoms with Crippen LogP contribution in [-0.2, 0) is 4.74 Å². The Morgan fingerprint density at radius 3 is 2.65 bits per heavy atom. The van der Waals surface area contributed by atoms with Crippen LogP contribution in [0.5, 0.6) is 0 Å². The summed E-state index contributed by atoms with van der Waals surface area (Å²) in [6.07, 6.45) is -2.14. The SMILES string of the molecule is O=c1[nH]c(=O)n([C@@H]2O[C@H](CO)[C@H](O)[C@H]2O)cc1/C=C/I. The predicted molar refractivity (Wildman–Crippen MR) is 77.4 cm³/mol. The zero-order valence-corrected chi connectivity index (χ0v) is 12.3. The zero-order valence-electron chi connectivity index (χ0n) is 10.1. The molecule has 4 N–H and O–H groups in total. The van der Waals surface area contributed by atoms with Crippen LogP contribution in [0.15, 0.2) is 19.9 Å². The molecule has 1 aliphatic rings. The van der Waals surface area contributed by atoms with Gasteiger partial charge in [-0.1, -0.05) is 22.6 Å². The second kappa shape index (κ2) is 6.18. The number of halogens is 1. The molecule has 0 radical (unpaired) electrons. The highest BCUT2D eigenvalue weighted by Gasteiger charge is 2.43. The van der Waals surface area contributed by atoms with Gasteiger partial charge < -0.3 is 20.1 Å². The molecular weight excluding hydrogens is 383 g/mol. The van der Waals surface area contributed by atoms with E-state index in [0.717, 1.165) is 4.57 Å². The van der Waals surface area contributed by atoms with Crippen LogP contribution >= 0.6 is 22.6 Å². The summed E-state index contributed by atoms with van der Waals surface area (Å²) in [4.78, 5) is 25.4. The lowest BCUT2D eigenvalue weighted by molar-refractivity contribution is -0.0550. The molecule has 1 aromatic heterocycles. The first kappa shape index (κ1) is 15.4. The Balaban J connectivity index is 2.46. The molecule has 0 spiro atoms. The van der Waals surface area contributed by atoms with Crippen molar-refractivity contribution in [1.82, 2.24) is 9.55 Å². The quantitative estimate of drug-likeness (QED) is 0.464. The Morgan fingerprint density at radius 2 is 2.10 bits per heavy atom. The van der Waals surface area contributed by atoms with E-state index in [1.165, 1.54) is 12.3 Å². The minimum atomic E-state index is -1.38. The molecule has 110 valence electrons. The van der Waals surface area contributed by atoms with Gasteiger partial charge >= 0.3 is 5.69 Å². The van der Waals surface area contributed by atoms with Gasteiger partial charge in [-0.15, -0.1) is 0 Å². The average Bonchev–Trinajstić information content (AvgIpc) is 2.70. The molecule has 0 aromatic carbocycles. The normalized spacial score (nSPS) is 30.2.